The van der Waals surface area contributed by atoms with E-state index in [-0.39, 0.29) is 11.8 Å². The molecule has 8 heteroatoms. The van der Waals surface area contributed by atoms with E-state index in [1.807, 2.05) is 92.7 Å². The fourth-order valence-electron chi connectivity index (χ4n) is 3.90. The monoisotopic (exact) mass is 501 g/mol. The number of anilines is 1. The number of carbonyl (C=O) groups is 2. The molecule has 2 N–H and O–H groups in total. The Hall–Kier alpha value is -3.75. The van der Waals surface area contributed by atoms with E-state index >= 15 is 0 Å². The van der Waals surface area contributed by atoms with E-state index in [4.69, 9.17) is 0 Å². The molecule has 2 aromatic heterocycles. The summed E-state index contributed by atoms with van der Waals surface area (Å²) in [6, 6.07) is 17.0. The molecule has 0 saturated heterocycles. The van der Waals surface area contributed by atoms with E-state index < -0.39 is 0 Å². The standard InChI is InChI=1S/C28H31N5O2S/c1-19-30-25(18-36-19)21-7-5-8-22(15-21)27(34)31-24-11-9-20(10-12-24)23-16-26(33(4)17-23)28(35)29-13-6-14-32(2)3/h5,7-12,15-18H,6,13-14H2,1-4H3,(H,29,35)(H,31,34). The van der Waals surface area contributed by atoms with Gasteiger partial charge in [0, 0.05) is 47.5 Å². The van der Waals surface area contributed by atoms with Gasteiger partial charge in [-0.05, 0) is 69.9 Å². The van der Waals surface area contributed by atoms with Crippen LogP contribution >= 0.6 is 11.3 Å². The largest absolute Gasteiger partial charge is 0.351 e. The van der Waals surface area contributed by atoms with Crippen molar-refractivity contribution in [1.29, 1.82) is 0 Å². The van der Waals surface area contributed by atoms with E-state index in [1.54, 1.807) is 17.4 Å². The summed E-state index contributed by atoms with van der Waals surface area (Å²) in [6.07, 6.45) is 2.84. The van der Waals surface area contributed by atoms with E-state index in [9.17, 15) is 9.59 Å². The average molecular weight is 502 g/mol. The lowest BCUT2D eigenvalue weighted by Crippen LogP contribution is -2.28. The first-order valence-corrected chi connectivity index (χ1v) is 12.7. The quantitative estimate of drug-likeness (QED) is 0.314. The molecule has 0 spiro atoms. The number of aromatic nitrogens is 2. The van der Waals surface area contributed by atoms with Crippen LogP contribution in [0.1, 0.15) is 32.3 Å². The molecule has 0 fully saturated rings. The minimum absolute atomic E-state index is 0.0820. The van der Waals surface area contributed by atoms with Gasteiger partial charge in [-0.1, -0.05) is 24.3 Å². The molecular weight excluding hydrogens is 470 g/mol. The zero-order valence-corrected chi connectivity index (χ0v) is 21.9. The number of hydrogen-bond donors (Lipinski definition) is 2. The van der Waals surface area contributed by atoms with E-state index in [2.05, 4.69) is 20.5 Å². The van der Waals surface area contributed by atoms with Crippen molar-refractivity contribution in [3.63, 3.8) is 0 Å². The van der Waals surface area contributed by atoms with Crippen molar-refractivity contribution < 1.29 is 9.59 Å². The summed E-state index contributed by atoms with van der Waals surface area (Å²) in [4.78, 5) is 32.0. The van der Waals surface area contributed by atoms with Crippen molar-refractivity contribution in [2.75, 3.05) is 32.5 Å². The van der Waals surface area contributed by atoms with Gasteiger partial charge >= 0.3 is 0 Å². The third-order valence-electron chi connectivity index (χ3n) is 5.82. The molecule has 0 aliphatic rings. The topological polar surface area (TPSA) is 79.3 Å². The number of benzene rings is 2. The average Bonchev–Trinajstić information content (AvgIpc) is 3.48. The second kappa shape index (κ2) is 11.3. The first kappa shape index (κ1) is 25.3. The molecule has 7 nitrogen and oxygen atoms in total. The van der Waals surface area contributed by atoms with Crippen LogP contribution in [0.15, 0.2) is 66.2 Å². The molecule has 0 unspecified atom stereocenters. The van der Waals surface area contributed by atoms with Crippen LogP contribution in [0.25, 0.3) is 22.4 Å². The molecule has 0 saturated carbocycles. The zero-order chi connectivity index (χ0) is 25.7. The highest BCUT2D eigenvalue weighted by atomic mass is 32.1. The van der Waals surface area contributed by atoms with E-state index in [0.717, 1.165) is 40.4 Å². The first-order chi connectivity index (χ1) is 17.3. The van der Waals surface area contributed by atoms with Gasteiger partial charge in [-0.3, -0.25) is 9.59 Å². The Morgan fingerprint density at radius 2 is 1.78 bits per heavy atom. The third-order valence-corrected chi connectivity index (χ3v) is 6.59. The minimum Gasteiger partial charge on any atom is -0.351 e. The van der Waals surface area contributed by atoms with Crippen LogP contribution in [0.5, 0.6) is 0 Å². The molecule has 4 aromatic rings. The first-order valence-electron chi connectivity index (χ1n) is 11.8. The maximum absolute atomic E-state index is 12.8. The molecule has 4 rings (SSSR count). The van der Waals surface area contributed by atoms with Gasteiger partial charge in [0.2, 0.25) is 0 Å². The van der Waals surface area contributed by atoms with Gasteiger partial charge < -0.3 is 20.1 Å². The Balaban J connectivity index is 1.40. The molecule has 2 heterocycles. The minimum atomic E-state index is -0.176. The Morgan fingerprint density at radius 3 is 2.47 bits per heavy atom. The van der Waals surface area contributed by atoms with Gasteiger partial charge in [-0.15, -0.1) is 11.3 Å². The predicted octanol–water partition coefficient (Wildman–Crippen LogP) is 5.06. The number of carbonyl (C=O) groups excluding carboxylic acids is 2. The molecule has 186 valence electrons. The lowest BCUT2D eigenvalue weighted by Gasteiger charge is -2.10. The van der Waals surface area contributed by atoms with Crippen LogP contribution in [-0.4, -0.2) is 53.5 Å². The Morgan fingerprint density at radius 1 is 1.00 bits per heavy atom. The molecule has 0 bridgehead atoms. The molecule has 0 atom stereocenters. The summed E-state index contributed by atoms with van der Waals surface area (Å²) < 4.78 is 1.84. The maximum Gasteiger partial charge on any atom is 0.267 e. The van der Waals surface area contributed by atoms with Crippen molar-refractivity contribution in [3.05, 3.63) is 82.4 Å². The summed E-state index contributed by atoms with van der Waals surface area (Å²) in [5.41, 5.74) is 5.60. The van der Waals surface area contributed by atoms with Crippen molar-refractivity contribution in [2.24, 2.45) is 7.05 Å². The van der Waals surface area contributed by atoms with Gasteiger partial charge in [0.25, 0.3) is 11.8 Å². The zero-order valence-electron chi connectivity index (χ0n) is 21.0. The normalized spacial score (nSPS) is 11.0. The highest BCUT2D eigenvalue weighted by Gasteiger charge is 2.13. The fourth-order valence-corrected chi connectivity index (χ4v) is 4.52. The number of aryl methyl sites for hydroxylation is 2. The Kier molecular flexibility index (Phi) is 7.97. The molecule has 0 aliphatic heterocycles. The lowest BCUT2D eigenvalue weighted by molar-refractivity contribution is 0.0943. The highest BCUT2D eigenvalue weighted by molar-refractivity contribution is 7.09. The molecule has 0 radical (unpaired) electrons. The van der Waals surface area contributed by atoms with E-state index in [0.29, 0.717) is 23.5 Å². The van der Waals surface area contributed by atoms with Gasteiger partial charge in [0.15, 0.2) is 0 Å². The van der Waals surface area contributed by atoms with Crippen LogP contribution in [0, 0.1) is 6.92 Å². The number of nitrogens with zero attached hydrogens (tertiary/aromatic N) is 3. The van der Waals surface area contributed by atoms with E-state index in [1.165, 1.54) is 0 Å². The number of nitrogens with one attached hydrogen (secondary N) is 2. The molecule has 2 amide bonds. The van der Waals surface area contributed by atoms with Gasteiger partial charge in [0.1, 0.15) is 5.69 Å². The van der Waals surface area contributed by atoms with Gasteiger partial charge in [0.05, 0.1) is 10.7 Å². The molecular formula is C28H31N5O2S. The van der Waals surface area contributed by atoms with Crippen LogP contribution in [-0.2, 0) is 7.05 Å². The molecule has 0 aliphatic carbocycles. The second-order valence-electron chi connectivity index (χ2n) is 9.00. The summed E-state index contributed by atoms with van der Waals surface area (Å²) in [5.74, 6) is -0.258. The second-order valence-corrected chi connectivity index (χ2v) is 10.1. The third kappa shape index (κ3) is 6.27. The number of rotatable bonds is 9. The summed E-state index contributed by atoms with van der Waals surface area (Å²) >= 11 is 1.59. The van der Waals surface area contributed by atoms with Crippen LogP contribution < -0.4 is 10.6 Å². The van der Waals surface area contributed by atoms with Crippen LogP contribution in [0.2, 0.25) is 0 Å². The lowest BCUT2D eigenvalue weighted by atomic mass is 10.1. The van der Waals surface area contributed by atoms with Crippen LogP contribution in [0.4, 0.5) is 5.69 Å². The molecule has 36 heavy (non-hydrogen) atoms. The van der Waals surface area contributed by atoms with Gasteiger partial charge in [-0.25, -0.2) is 4.98 Å². The number of amides is 2. The Bertz CT molecular complexity index is 1350. The van der Waals surface area contributed by atoms with Crippen molar-refractivity contribution in [3.8, 4) is 22.4 Å². The number of thiazole rings is 1. The fraction of sp³-hybridized carbons (Fsp3) is 0.250. The Labute approximate surface area is 215 Å². The van der Waals surface area contributed by atoms with Crippen molar-refractivity contribution >= 4 is 28.8 Å². The number of hydrogen-bond acceptors (Lipinski definition) is 5. The van der Waals surface area contributed by atoms with Crippen LogP contribution in [0.3, 0.4) is 0 Å². The SMILES string of the molecule is Cc1nc(-c2cccc(C(=O)Nc3ccc(-c4cc(C(=O)NCCCN(C)C)n(C)c4)cc3)c2)cs1. The summed E-state index contributed by atoms with van der Waals surface area (Å²) in [7, 11) is 5.91. The predicted molar refractivity (Wildman–Crippen MR) is 147 cm³/mol. The van der Waals surface area contributed by atoms with Crippen molar-refractivity contribution in [1.82, 2.24) is 19.8 Å². The van der Waals surface area contributed by atoms with Gasteiger partial charge in [-0.2, -0.15) is 0 Å². The smallest absolute Gasteiger partial charge is 0.267 e. The highest BCUT2D eigenvalue weighted by Crippen LogP contribution is 2.25. The maximum atomic E-state index is 12.8. The summed E-state index contributed by atoms with van der Waals surface area (Å²) in [5, 5.41) is 8.93. The summed E-state index contributed by atoms with van der Waals surface area (Å²) in [6.45, 7) is 3.53. The van der Waals surface area contributed by atoms with Crippen molar-refractivity contribution in [2.45, 2.75) is 13.3 Å². The molecule has 2 aromatic carbocycles.